The molecule has 1 fully saturated rings. The number of benzene rings is 3. The van der Waals surface area contributed by atoms with Gasteiger partial charge >= 0.3 is 5.97 Å². The highest BCUT2D eigenvalue weighted by atomic mass is 16.5. The molecule has 3 aromatic rings. The topological polar surface area (TPSA) is 58.6 Å². The van der Waals surface area contributed by atoms with E-state index < -0.39 is 0 Å². The van der Waals surface area contributed by atoms with Crippen LogP contribution in [0.2, 0.25) is 0 Å². The van der Waals surface area contributed by atoms with Crippen molar-refractivity contribution in [3.05, 3.63) is 90.0 Å². The van der Waals surface area contributed by atoms with E-state index in [1.165, 1.54) is 0 Å². The summed E-state index contributed by atoms with van der Waals surface area (Å²) in [6, 6.07) is 24.8. The molecule has 0 bridgehead atoms. The summed E-state index contributed by atoms with van der Waals surface area (Å²) in [6.07, 6.45) is 0.589. The molecule has 1 aliphatic rings. The van der Waals surface area contributed by atoms with Crippen molar-refractivity contribution >= 4 is 5.97 Å². The summed E-state index contributed by atoms with van der Waals surface area (Å²) in [4.78, 5) is 12.7. The molecule has 0 unspecified atom stereocenters. The summed E-state index contributed by atoms with van der Waals surface area (Å²) in [5.41, 5.74) is 3.72. The van der Waals surface area contributed by atoms with Gasteiger partial charge in [0, 0.05) is 12.5 Å². The van der Waals surface area contributed by atoms with E-state index >= 15 is 0 Å². The van der Waals surface area contributed by atoms with Crippen molar-refractivity contribution in [2.24, 2.45) is 0 Å². The number of rotatable bonds is 4. The second-order valence-corrected chi connectivity index (χ2v) is 7.08. The highest BCUT2D eigenvalue weighted by Gasteiger charge is 2.30. The number of esters is 1. The minimum absolute atomic E-state index is 0.0703. The van der Waals surface area contributed by atoms with Gasteiger partial charge in [0.2, 0.25) is 0 Å². The summed E-state index contributed by atoms with van der Waals surface area (Å²) in [6.45, 7) is 1.47. The highest BCUT2D eigenvalue weighted by molar-refractivity contribution is 5.90. The fourth-order valence-electron chi connectivity index (χ4n) is 3.73. The van der Waals surface area contributed by atoms with E-state index in [0.29, 0.717) is 12.1 Å². The maximum Gasteiger partial charge on any atom is 0.338 e. The third-order valence-corrected chi connectivity index (χ3v) is 5.21. The smallest absolute Gasteiger partial charge is 0.338 e. The SMILES string of the molecule is O=C(O[C@@H]1CNCC[C@H]1c1cccc(O)c1)c1ccc(-c2ccccc2)cc1. The number of phenols is 1. The third kappa shape index (κ3) is 4.07. The molecule has 0 amide bonds. The molecule has 2 atom stereocenters. The lowest BCUT2D eigenvalue weighted by Crippen LogP contribution is -2.42. The fourth-order valence-corrected chi connectivity index (χ4v) is 3.73. The molecule has 28 heavy (non-hydrogen) atoms. The largest absolute Gasteiger partial charge is 0.508 e. The zero-order valence-corrected chi connectivity index (χ0v) is 15.5. The minimum Gasteiger partial charge on any atom is -0.508 e. The van der Waals surface area contributed by atoms with Crippen LogP contribution in [0.1, 0.15) is 28.3 Å². The lowest BCUT2D eigenvalue weighted by atomic mass is 9.87. The molecule has 1 saturated heterocycles. The van der Waals surface area contributed by atoms with Gasteiger partial charge in [-0.1, -0.05) is 54.6 Å². The maximum atomic E-state index is 12.7. The fraction of sp³-hybridized carbons (Fsp3) is 0.208. The zero-order chi connectivity index (χ0) is 19.3. The van der Waals surface area contributed by atoms with Crippen molar-refractivity contribution in [1.82, 2.24) is 5.32 Å². The maximum absolute atomic E-state index is 12.7. The van der Waals surface area contributed by atoms with Crippen molar-refractivity contribution in [2.75, 3.05) is 13.1 Å². The second kappa shape index (κ2) is 8.28. The summed E-state index contributed by atoms with van der Waals surface area (Å²) < 4.78 is 5.85. The Labute approximate surface area is 164 Å². The molecule has 4 rings (SSSR count). The van der Waals surface area contributed by atoms with Crippen LogP contribution >= 0.6 is 0 Å². The van der Waals surface area contributed by atoms with Gasteiger partial charge in [-0.2, -0.15) is 0 Å². The van der Waals surface area contributed by atoms with Gasteiger partial charge in [-0.15, -0.1) is 0 Å². The first-order valence-electron chi connectivity index (χ1n) is 9.57. The van der Waals surface area contributed by atoms with Gasteiger partial charge < -0.3 is 15.2 Å². The van der Waals surface area contributed by atoms with Crippen molar-refractivity contribution in [1.29, 1.82) is 0 Å². The first-order chi connectivity index (χ1) is 13.7. The minimum atomic E-state index is -0.321. The van der Waals surface area contributed by atoms with Crippen LogP contribution in [0, 0.1) is 0 Å². The Hall–Kier alpha value is -3.11. The van der Waals surface area contributed by atoms with Gasteiger partial charge in [-0.25, -0.2) is 4.79 Å². The molecule has 0 radical (unpaired) electrons. The second-order valence-electron chi connectivity index (χ2n) is 7.08. The van der Waals surface area contributed by atoms with Crippen LogP contribution in [0.5, 0.6) is 5.75 Å². The lowest BCUT2D eigenvalue weighted by Gasteiger charge is -2.32. The molecule has 4 heteroatoms. The molecule has 0 aromatic heterocycles. The number of piperidine rings is 1. The Morgan fingerprint density at radius 1 is 0.929 bits per heavy atom. The van der Waals surface area contributed by atoms with Crippen LogP contribution in [0.25, 0.3) is 11.1 Å². The monoisotopic (exact) mass is 373 g/mol. The lowest BCUT2D eigenvalue weighted by molar-refractivity contribution is 0.0182. The van der Waals surface area contributed by atoms with Gasteiger partial charge in [0.1, 0.15) is 11.9 Å². The number of phenolic OH excluding ortho intramolecular Hbond substituents is 1. The molecule has 1 heterocycles. The quantitative estimate of drug-likeness (QED) is 0.667. The Morgan fingerprint density at radius 2 is 1.68 bits per heavy atom. The van der Waals surface area contributed by atoms with Gasteiger partial charge in [-0.3, -0.25) is 0 Å². The van der Waals surface area contributed by atoms with Gasteiger partial charge in [0.05, 0.1) is 5.56 Å². The van der Waals surface area contributed by atoms with Gasteiger partial charge in [0.25, 0.3) is 0 Å². The van der Waals surface area contributed by atoms with Crippen molar-refractivity contribution in [2.45, 2.75) is 18.4 Å². The average molecular weight is 373 g/mol. The molecule has 4 nitrogen and oxygen atoms in total. The van der Waals surface area contributed by atoms with E-state index in [1.807, 2.05) is 66.7 Å². The Balaban J connectivity index is 1.48. The number of nitrogens with one attached hydrogen (secondary N) is 1. The average Bonchev–Trinajstić information content (AvgIpc) is 2.75. The van der Waals surface area contributed by atoms with Gasteiger partial charge in [0.15, 0.2) is 0 Å². The van der Waals surface area contributed by atoms with Crippen LogP contribution < -0.4 is 5.32 Å². The molecule has 142 valence electrons. The van der Waals surface area contributed by atoms with E-state index in [4.69, 9.17) is 4.74 Å². The summed E-state index contributed by atoms with van der Waals surface area (Å²) >= 11 is 0. The Bertz CT molecular complexity index is 938. The van der Waals surface area contributed by atoms with E-state index in [0.717, 1.165) is 29.7 Å². The summed E-state index contributed by atoms with van der Waals surface area (Å²) in [5.74, 6) is -0.0167. The van der Waals surface area contributed by atoms with Crippen LogP contribution in [0.15, 0.2) is 78.9 Å². The van der Waals surface area contributed by atoms with E-state index in [9.17, 15) is 9.90 Å². The number of hydrogen-bond donors (Lipinski definition) is 2. The predicted octanol–water partition coefficient (Wildman–Crippen LogP) is 4.36. The third-order valence-electron chi connectivity index (χ3n) is 5.21. The molecule has 1 aliphatic heterocycles. The molecule has 3 aromatic carbocycles. The van der Waals surface area contributed by atoms with Crippen LogP contribution in [-0.4, -0.2) is 30.3 Å². The number of carbonyl (C=O) groups excluding carboxylic acids is 1. The molecule has 0 aliphatic carbocycles. The van der Waals surface area contributed by atoms with E-state index in [-0.39, 0.29) is 23.7 Å². The highest BCUT2D eigenvalue weighted by Crippen LogP contribution is 2.30. The molecule has 0 saturated carbocycles. The summed E-state index contributed by atoms with van der Waals surface area (Å²) in [7, 11) is 0. The van der Waals surface area contributed by atoms with Crippen LogP contribution in [0.3, 0.4) is 0 Å². The number of carbonyl (C=O) groups is 1. The standard InChI is InChI=1S/C24H23NO3/c26-21-8-4-7-20(15-21)22-13-14-25-16-23(22)28-24(27)19-11-9-18(10-12-19)17-5-2-1-3-6-17/h1-12,15,22-23,25-26H,13-14,16H2/t22-,23+/m0/s1. The van der Waals surface area contributed by atoms with Gasteiger partial charge in [-0.05, 0) is 53.9 Å². The molecule has 0 spiro atoms. The van der Waals surface area contributed by atoms with Crippen LogP contribution in [-0.2, 0) is 4.74 Å². The Morgan fingerprint density at radius 3 is 2.43 bits per heavy atom. The summed E-state index contributed by atoms with van der Waals surface area (Å²) in [5, 5.41) is 13.1. The molecular weight excluding hydrogens is 350 g/mol. The normalized spacial score (nSPS) is 19.1. The van der Waals surface area contributed by atoms with Crippen molar-refractivity contribution in [3.63, 3.8) is 0 Å². The molecule has 2 N–H and O–H groups in total. The Kier molecular flexibility index (Phi) is 5.40. The first-order valence-corrected chi connectivity index (χ1v) is 9.57. The van der Waals surface area contributed by atoms with Crippen molar-refractivity contribution < 1.29 is 14.6 Å². The van der Waals surface area contributed by atoms with E-state index in [1.54, 1.807) is 12.1 Å². The predicted molar refractivity (Wildman–Crippen MR) is 109 cm³/mol. The van der Waals surface area contributed by atoms with Crippen LogP contribution in [0.4, 0.5) is 0 Å². The number of aromatic hydroxyl groups is 1. The van der Waals surface area contributed by atoms with Crippen molar-refractivity contribution in [3.8, 4) is 16.9 Å². The van der Waals surface area contributed by atoms with E-state index in [2.05, 4.69) is 5.32 Å². The zero-order valence-electron chi connectivity index (χ0n) is 15.5. The molecular formula is C24H23NO3. The first kappa shape index (κ1) is 18.3. The number of ether oxygens (including phenoxy) is 1. The number of hydrogen-bond acceptors (Lipinski definition) is 4.